The molecule has 1 N–H and O–H groups in total. The van der Waals surface area contributed by atoms with Crippen LogP contribution < -0.4 is 4.74 Å². The van der Waals surface area contributed by atoms with E-state index >= 15 is 0 Å². The Morgan fingerprint density at radius 2 is 2.00 bits per heavy atom. The third-order valence-electron chi connectivity index (χ3n) is 6.50. The van der Waals surface area contributed by atoms with Gasteiger partial charge in [0.05, 0.1) is 23.7 Å². The second kappa shape index (κ2) is 9.36. The summed E-state index contributed by atoms with van der Waals surface area (Å²) in [7, 11) is 0. The molecule has 4 aromatic rings. The number of para-hydroxylation sites is 1. The van der Waals surface area contributed by atoms with Gasteiger partial charge >= 0.3 is 0 Å². The summed E-state index contributed by atoms with van der Waals surface area (Å²) in [6.45, 7) is 4.75. The van der Waals surface area contributed by atoms with Gasteiger partial charge in [-0.3, -0.25) is 0 Å². The first-order valence-corrected chi connectivity index (χ1v) is 11.8. The quantitative estimate of drug-likeness (QED) is 0.371. The van der Waals surface area contributed by atoms with E-state index in [-0.39, 0.29) is 19.0 Å². The van der Waals surface area contributed by atoms with Crippen LogP contribution >= 0.6 is 0 Å². The van der Waals surface area contributed by atoms with Crippen LogP contribution in [0.1, 0.15) is 53.9 Å². The topological polar surface area (TPSA) is 71.1 Å². The lowest BCUT2D eigenvalue weighted by molar-refractivity contribution is 0.283. The predicted molar refractivity (Wildman–Crippen MR) is 133 cm³/mol. The third kappa shape index (κ3) is 4.09. The van der Waals surface area contributed by atoms with E-state index in [2.05, 4.69) is 29.7 Å². The minimum absolute atomic E-state index is 0.0510. The maximum Gasteiger partial charge on any atom is 0.130 e. The van der Waals surface area contributed by atoms with Crippen LogP contribution in [0, 0.1) is 17.1 Å². The molecular weight excluding hydrogens is 441 g/mol. The lowest BCUT2D eigenvalue weighted by Gasteiger charge is -2.14. The first kappa shape index (κ1) is 22.8. The molecule has 0 radical (unpaired) electrons. The molecule has 0 atom stereocenters. The number of benzene rings is 3. The number of imidazole rings is 1. The Balaban J connectivity index is 1.60. The molecule has 5 rings (SSSR count). The second-order valence-corrected chi connectivity index (χ2v) is 8.84. The van der Waals surface area contributed by atoms with Gasteiger partial charge in [-0.2, -0.15) is 5.26 Å². The molecule has 0 saturated carbocycles. The smallest absolute Gasteiger partial charge is 0.130 e. The molecular formula is C29H26FN3O2. The Labute approximate surface area is 203 Å². The summed E-state index contributed by atoms with van der Waals surface area (Å²) in [6.07, 6.45) is 1.80. The summed E-state index contributed by atoms with van der Waals surface area (Å²) in [5, 5.41) is 19.5. The molecule has 0 saturated heterocycles. The second-order valence-electron chi connectivity index (χ2n) is 8.84. The van der Waals surface area contributed by atoms with Gasteiger partial charge < -0.3 is 14.4 Å². The molecule has 2 heterocycles. The first-order valence-electron chi connectivity index (χ1n) is 11.8. The summed E-state index contributed by atoms with van der Waals surface area (Å²) in [6, 6.07) is 18.8. The van der Waals surface area contributed by atoms with E-state index in [4.69, 9.17) is 9.72 Å². The van der Waals surface area contributed by atoms with Gasteiger partial charge in [-0.15, -0.1) is 0 Å². The van der Waals surface area contributed by atoms with Crippen LogP contribution in [0.4, 0.5) is 4.39 Å². The zero-order valence-electron chi connectivity index (χ0n) is 19.8. The van der Waals surface area contributed by atoms with E-state index in [1.807, 2.05) is 24.3 Å². The molecule has 6 heteroatoms. The van der Waals surface area contributed by atoms with Crippen LogP contribution in [0.15, 0.2) is 60.2 Å². The molecule has 0 aliphatic carbocycles. The molecule has 1 aromatic heterocycles. The molecule has 0 unspecified atom stereocenters. The van der Waals surface area contributed by atoms with Crippen molar-refractivity contribution >= 4 is 16.6 Å². The predicted octanol–water partition coefficient (Wildman–Crippen LogP) is 5.91. The largest absolute Gasteiger partial charge is 0.488 e. The van der Waals surface area contributed by atoms with E-state index in [9.17, 15) is 14.8 Å². The monoisotopic (exact) mass is 467 g/mol. The van der Waals surface area contributed by atoms with Gasteiger partial charge in [0.15, 0.2) is 0 Å². The molecule has 0 fully saturated rings. The van der Waals surface area contributed by atoms with Crippen LogP contribution in [0.5, 0.6) is 5.75 Å². The number of rotatable bonds is 5. The Bertz CT molecular complexity index is 1510. The van der Waals surface area contributed by atoms with Gasteiger partial charge in [0.2, 0.25) is 0 Å². The maximum atomic E-state index is 13.9. The summed E-state index contributed by atoms with van der Waals surface area (Å²) < 4.78 is 22.1. The lowest BCUT2D eigenvalue weighted by Crippen LogP contribution is -2.06. The van der Waals surface area contributed by atoms with E-state index in [1.54, 1.807) is 13.0 Å². The average molecular weight is 468 g/mol. The zero-order valence-corrected chi connectivity index (χ0v) is 19.8. The summed E-state index contributed by atoms with van der Waals surface area (Å²) in [5.41, 5.74) is 7.64. The SMILES string of the molecule is CCCc1nc2c(CO)cccc2n1Cc1ccc2c(c1)COc1cc(F)ccc1/C2=C(\C)C#N. The van der Waals surface area contributed by atoms with Crippen LogP contribution in [-0.4, -0.2) is 14.7 Å². The van der Waals surface area contributed by atoms with Crippen molar-refractivity contribution in [2.45, 2.75) is 46.4 Å². The van der Waals surface area contributed by atoms with Crippen molar-refractivity contribution in [2.24, 2.45) is 0 Å². The van der Waals surface area contributed by atoms with Gasteiger partial charge in [-0.1, -0.05) is 31.2 Å². The van der Waals surface area contributed by atoms with Crippen molar-refractivity contribution in [1.82, 2.24) is 9.55 Å². The number of halogens is 1. The molecule has 3 aromatic carbocycles. The van der Waals surface area contributed by atoms with Gasteiger partial charge in [-0.25, -0.2) is 9.37 Å². The number of nitriles is 1. The fourth-order valence-corrected chi connectivity index (χ4v) is 4.85. The zero-order chi connectivity index (χ0) is 24.5. The average Bonchev–Trinajstić information content (AvgIpc) is 3.12. The minimum Gasteiger partial charge on any atom is -0.488 e. The number of allylic oxidation sites excluding steroid dienone is 1. The molecule has 176 valence electrons. The lowest BCUT2D eigenvalue weighted by atomic mass is 9.90. The number of nitrogens with zero attached hydrogens (tertiary/aromatic N) is 3. The number of fused-ring (bicyclic) bond motifs is 3. The van der Waals surface area contributed by atoms with E-state index in [1.165, 1.54) is 12.1 Å². The number of aryl methyl sites for hydroxylation is 1. The number of aliphatic hydroxyl groups excluding tert-OH is 1. The minimum atomic E-state index is -0.373. The van der Waals surface area contributed by atoms with Gasteiger partial charge in [0.1, 0.15) is 24.0 Å². The highest BCUT2D eigenvalue weighted by molar-refractivity contribution is 5.88. The van der Waals surface area contributed by atoms with Crippen LogP contribution in [-0.2, 0) is 26.2 Å². The van der Waals surface area contributed by atoms with Crippen LogP contribution in [0.3, 0.4) is 0 Å². The van der Waals surface area contributed by atoms with Gasteiger partial charge in [0.25, 0.3) is 0 Å². The molecule has 1 aliphatic heterocycles. The van der Waals surface area contributed by atoms with Crippen molar-refractivity contribution in [1.29, 1.82) is 5.26 Å². The van der Waals surface area contributed by atoms with E-state index in [0.29, 0.717) is 17.9 Å². The van der Waals surface area contributed by atoms with Crippen molar-refractivity contribution in [2.75, 3.05) is 0 Å². The number of hydrogen-bond donors (Lipinski definition) is 1. The summed E-state index contributed by atoms with van der Waals surface area (Å²) in [4.78, 5) is 4.85. The maximum absolute atomic E-state index is 13.9. The van der Waals surface area contributed by atoms with Gasteiger partial charge in [-0.05, 0) is 54.3 Å². The molecule has 5 nitrogen and oxygen atoms in total. The highest BCUT2D eigenvalue weighted by Gasteiger charge is 2.23. The van der Waals surface area contributed by atoms with E-state index < -0.39 is 0 Å². The Kier molecular flexibility index (Phi) is 6.10. The Hall–Kier alpha value is -3.95. The molecule has 35 heavy (non-hydrogen) atoms. The van der Waals surface area contributed by atoms with E-state index in [0.717, 1.165) is 63.1 Å². The third-order valence-corrected chi connectivity index (χ3v) is 6.50. The first-order chi connectivity index (χ1) is 17.0. The number of aliphatic hydroxyl groups is 1. The standard InChI is InChI=1S/C29H26FN3O2/c1-3-5-27-32-29-20(16-34)6-4-7-25(29)33(27)15-19-8-10-23-21(12-19)17-35-26-13-22(30)9-11-24(26)28(23)18(2)14-31/h4,6-13,34H,3,5,15-17H2,1-2H3/b28-18+. The number of aromatic nitrogens is 2. The summed E-state index contributed by atoms with van der Waals surface area (Å²) in [5.74, 6) is 1.05. The van der Waals surface area contributed by atoms with Crippen molar-refractivity contribution in [3.63, 3.8) is 0 Å². The van der Waals surface area contributed by atoms with Crippen LogP contribution in [0.2, 0.25) is 0 Å². The summed E-state index contributed by atoms with van der Waals surface area (Å²) >= 11 is 0. The molecule has 0 amide bonds. The Morgan fingerprint density at radius 3 is 2.77 bits per heavy atom. The fraction of sp³-hybridized carbons (Fsp3) is 0.241. The molecule has 0 bridgehead atoms. The van der Waals surface area contributed by atoms with Crippen molar-refractivity contribution in [3.05, 3.63) is 99.6 Å². The number of hydrogen-bond acceptors (Lipinski definition) is 4. The Morgan fingerprint density at radius 1 is 1.17 bits per heavy atom. The number of ether oxygens (including phenoxy) is 1. The van der Waals surface area contributed by atoms with Gasteiger partial charge in [0, 0.05) is 41.3 Å². The van der Waals surface area contributed by atoms with Crippen molar-refractivity contribution < 1.29 is 14.2 Å². The highest BCUT2D eigenvalue weighted by atomic mass is 19.1. The fourth-order valence-electron chi connectivity index (χ4n) is 4.85. The van der Waals surface area contributed by atoms with Crippen molar-refractivity contribution in [3.8, 4) is 11.8 Å². The molecule has 1 aliphatic rings. The highest BCUT2D eigenvalue weighted by Crippen LogP contribution is 2.39. The van der Waals surface area contributed by atoms with Crippen LogP contribution in [0.25, 0.3) is 16.6 Å². The normalized spacial score (nSPS) is 14.0. The molecule has 0 spiro atoms.